The summed E-state index contributed by atoms with van der Waals surface area (Å²) in [6, 6.07) is 1.64. The van der Waals surface area contributed by atoms with Gasteiger partial charge in [0.05, 0.1) is 0 Å². The first kappa shape index (κ1) is 13.6. The maximum Gasteiger partial charge on any atom is 0.270 e. The summed E-state index contributed by atoms with van der Waals surface area (Å²) in [6.45, 7) is 11.9. The lowest BCUT2D eigenvalue weighted by atomic mass is 9.95. The number of rotatable bonds is 1. The molecule has 0 saturated carbocycles. The topological polar surface area (TPSA) is 54.9 Å². The molecule has 94 valence electrons. The number of hydrogen-bond donors (Lipinski definition) is 1. The van der Waals surface area contributed by atoms with E-state index in [1.807, 2.05) is 41.5 Å². The van der Waals surface area contributed by atoms with Crippen molar-refractivity contribution in [3.63, 3.8) is 0 Å². The summed E-state index contributed by atoms with van der Waals surface area (Å²) in [5.41, 5.74) is 0.00180. The molecular formula is C13H21N3O. The van der Waals surface area contributed by atoms with Crippen molar-refractivity contribution in [1.29, 1.82) is 0 Å². The first-order valence-corrected chi connectivity index (χ1v) is 5.76. The van der Waals surface area contributed by atoms with Gasteiger partial charge in [0.1, 0.15) is 11.5 Å². The Balaban J connectivity index is 2.97. The highest BCUT2D eigenvalue weighted by molar-refractivity contribution is 5.92. The lowest BCUT2D eigenvalue weighted by Gasteiger charge is -2.21. The maximum atomic E-state index is 11.9. The lowest BCUT2D eigenvalue weighted by molar-refractivity contribution is 0.0913. The van der Waals surface area contributed by atoms with E-state index in [0.29, 0.717) is 11.5 Å². The Bertz CT molecular complexity index is 413. The lowest BCUT2D eigenvalue weighted by Crippen LogP contribution is -2.41. The Morgan fingerprint density at radius 3 is 2.24 bits per heavy atom. The average molecular weight is 235 g/mol. The van der Waals surface area contributed by atoms with Crippen LogP contribution in [0.4, 0.5) is 0 Å². The van der Waals surface area contributed by atoms with Gasteiger partial charge in [-0.05, 0) is 26.8 Å². The number of amides is 1. The van der Waals surface area contributed by atoms with Crippen molar-refractivity contribution in [2.45, 2.75) is 52.5 Å². The predicted octanol–water partition coefficient (Wildman–Crippen LogP) is 2.30. The molecular weight excluding hydrogens is 214 g/mol. The summed E-state index contributed by atoms with van der Waals surface area (Å²) in [7, 11) is 0. The van der Waals surface area contributed by atoms with Gasteiger partial charge in [0.2, 0.25) is 0 Å². The van der Waals surface area contributed by atoms with E-state index < -0.39 is 0 Å². The normalized spacial score (nSPS) is 12.4. The molecule has 0 bridgehead atoms. The van der Waals surface area contributed by atoms with Crippen LogP contribution in [0.2, 0.25) is 0 Å². The Hall–Kier alpha value is -1.45. The van der Waals surface area contributed by atoms with Gasteiger partial charge in [-0.3, -0.25) is 4.79 Å². The predicted molar refractivity (Wildman–Crippen MR) is 68.0 cm³/mol. The molecule has 0 aliphatic rings. The Morgan fingerprint density at radius 2 is 1.76 bits per heavy atom. The Labute approximate surface area is 103 Å². The Kier molecular flexibility index (Phi) is 3.55. The van der Waals surface area contributed by atoms with Crippen LogP contribution in [0, 0.1) is 0 Å². The third-order valence-electron chi connectivity index (χ3n) is 2.05. The fourth-order valence-electron chi connectivity index (χ4n) is 1.25. The molecule has 1 aromatic rings. The van der Waals surface area contributed by atoms with Crippen LogP contribution in [-0.2, 0) is 5.41 Å². The SMILES string of the molecule is CC(C)(C)NC(=O)c1ccnc(C(C)(C)C)n1. The van der Waals surface area contributed by atoms with Gasteiger partial charge < -0.3 is 5.32 Å². The van der Waals surface area contributed by atoms with Crippen LogP contribution >= 0.6 is 0 Å². The van der Waals surface area contributed by atoms with Gasteiger partial charge >= 0.3 is 0 Å². The number of nitrogens with zero attached hydrogens (tertiary/aromatic N) is 2. The van der Waals surface area contributed by atoms with E-state index in [2.05, 4.69) is 15.3 Å². The third kappa shape index (κ3) is 4.13. The van der Waals surface area contributed by atoms with Gasteiger partial charge in [0.25, 0.3) is 5.91 Å². The molecule has 1 rings (SSSR count). The second-order valence-corrected chi connectivity index (χ2v) is 6.22. The number of aromatic nitrogens is 2. The van der Waals surface area contributed by atoms with E-state index in [-0.39, 0.29) is 16.9 Å². The van der Waals surface area contributed by atoms with Crippen molar-refractivity contribution >= 4 is 5.91 Å². The maximum absolute atomic E-state index is 11.9. The molecule has 1 aromatic heterocycles. The molecule has 0 aliphatic carbocycles. The van der Waals surface area contributed by atoms with E-state index in [4.69, 9.17) is 0 Å². The summed E-state index contributed by atoms with van der Waals surface area (Å²) in [6.07, 6.45) is 1.63. The molecule has 1 heterocycles. The summed E-state index contributed by atoms with van der Waals surface area (Å²) in [4.78, 5) is 20.4. The Morgan fingerprint density at radius 1 is 1.18 bits per heavy atom. The van der Waals surface area contributed by atoms with Crippen LogP contribution in [0.1, 0.15) is 57.9 Å². The smallest absolute Gasteiger partial charge is 0.270 e. The largest absolute Gasteiger partial charge is 0.346 e. The van der Waals surface area contributed by atoms with Crippen LogP contribution in [0.3, 0.4) is 0 Å². The van der Waals surface area contributed by atoms with Gasteiger partial charge in [-0.25, -0.2) is 9.97 Å². The minimum absolute atomic E-state index is 0.155. The molecule has 17 heavy (non-hydrogen) atoms. The third-order valence-corrected chi connectivity index (χ3v) is 2.05. The molecule has 0 radical (unpaired) electrons. The molecule has 0 unspecified atom stereocenters. The first-order chi connectivity index (χ1) is 7.59. The van der Waals surface area contributed by atoms with E-state index in [1.165, 1.54) is 0 Å². The van der Waals surface area contributed by atoms with E-state index in [0.717, 1.165) is 0 Å². The summed E-state index contributed by atoms with van der Waals surface area (Å²) in [5.74, 6) is 0.518. The van der Waals surface area contributed by atoms with Crippen LogP contribution in [0.5, 0.6) is 0 Å². The van der Waals surface area contributed by atoms with E-state index >= 15 is 0 Å². The fourth-order valence-corrected chi connectivity index (χ4v) is 1.25. The minimum atomic E-state index is -0.260. The molecule has 0 atom stereocenters. The van der Waals surface area contributed by atoms with Gasteiger partial charge in [-0.2, -0.15) is 0 Å². The van der Waals surface area contributed by atoms with E-state index in [9.17, 15) is 4.79 Å². The van der Waals surface area contributed by atoms with Crippen LogP contribution < -0.4 is 5.32 Å². The summed E-state index contributed by atoms with van der Waals surface area (Å²) in [5, 5.41) is 2.88. The zero-order valence-corrected chi connectivity index (χ0v) is 11.5. The standard InChI is InChI=1S/C13H21N3O/c1-12(2,3)11-14-8-7-9(15-11)10(17)16-13(4,5)6/h7-8H,1-6H3,(H,16,17). The molecule has 1 amide bonds. The molecule has 0 aliphatic heterocycles. The molecule has 0 fully saturated rings. The van der Waals surface area contributed by atoms with Crippen molar-refractivity contribution < 1.29 is 4.79 Å². The molecule has 4 nitrogen and oxygen atoms in total. The van der Waals surface area contributed by atoms with Crippen molar-refractivity contribution in [3.05, 3.63) is 23.8 Å². The average Bonchev–Trinajstić information content (AvgIpc) is 2.14. The van der Waals surface area contributed by atoms with Crippen LogP contribution in [0.25, 0.3) is 0 Å². The summed E-state index contributed by atoms with van der Waals surface area (Å²) < 4.78 is 0. The minimum Gasteiger partial charge on any atom is -0.346 e. The zero-order valence-electron chi connectivity index (χ0n) is 11.5. The highest BCUT2D eigenvalue weighted by Crippen LogP contribution is 2.17. The molecule has 1 N–H and O–H groups in total. The monoisotopic (exact) mass is 235 g/mol. The highest BCUT2D eigenvalue weighted by atomic mass is 16.2. The molecule has 0 saturated heterocycles. The van der Waals surface area contributed by atoms with Crippen LogP contribution in [-0.4, -0.2) is 21.4 Å². The van der Waals surface area contributed by atoms with Crippen molar-refractivity contribution in [3.8, 4) is 0 Å². The zero-order chi connectivity index (χ0) is 13.3. The highest BCUT2D eigenvalue weighted by Gasteiger charge is 2.21. The van der Waals surface area contributed by atoms with Gasteiger partial charge in [0, 0.05) is 17.2 Å². The van der Waals surface area contributed by atoms with E-state index in [1.54, 1.807) is 12.3 Å². The van der Waals surface area contributed by atoms with Gasteiger partial charge in [0.15, 0.2) is 0 Å². The second kappa shape index (κ2) is 4.43. The van der Waals surface area contributed by atoms with Gasteiger partial charge in [-0.15, -0.1) is 0 Å². The number of nitrogens with one attached hydrogen (secondary N) is 1. The number of carbonyl (C=O) groups excluding carboxylic acids is 1. The molecule has 4 heteroatoms. The number of hydrogen-bond acceptors (Lipinski definition) is 3. The first-order valence-electron chi connectivity index (χ1n) is 5.76. The summed E-state index contributed by atoms with van der Waals surface area (Å²) >= 11 is 0. The second-order valence-electron chi connectivity index (χ2n) is 6.22. The molecule has 0 aromatic carbocycles. The quantitative estimate of drug-likeness (QED) is 0.812. The van der Waals surface area contributed by atoms with Crippen molar-refractivity contribution in [1.82, 2.24) is 15.3 Å². The van der Waals surface area contributed by atoms with Crippen LogP contribution in [0.15, 0.2) is 12.3 Å². The van der Waals surface area contributed by atoms with Crippen molar-refractivity contribution in [2.75, 3.05) is 0 Å². The molecule has 0 spiro atoms. The van der Waals surface area contributed by atoms with Gasteiger partial charge in [-0.1, -0.05) is 20.8 Å². The van der Waals surface area contributed by atoms with Crippen molar-refractivity contribution in [2.24, 2.45) is 0 Å². The number of carbonyl (C=O) groups is 1. The fraction of sp³-hybridized carbons (Fsp3) is 0.615.